The third-order valence-corrected chi connectivity index (χ3v) is 4.55. The molecule has 0 bridgehead atoms. The minimum Gasteiger partial charge on any atom is -0.308 e. The molecule has 0 saturated heterocycles. The fourth-order valence-electron chi connectivity index (χ4n) is 3.38. The van der Waals surface area contributed by atoms with Gasteiger partial charge < -0.3 is 4.90 Å². The van der Waals surface area contributed by atoms with Gasteiger partial charge in [-0.15, -0.1) is 0 Å². The van der Waals surface area contributed by atoms with Crippen molar-refractivity contribution in [3.8, 4) is 5.69 Å². The minimum atomic E-state index is 0.0669. The van der Waals surface area contributed by atoms with E-state index in [9.17, 15) is 4.79 Å². The predicted octanol–water partition coefficient (Wildman–Crippen LogP) is 3.77. The fourth-order valence-corrected chi connectivity index (χ4v) is 3.38. The summed E-state index contributed by atoms with van der Waals surface area (Å²) in [4.78, 5) is 14.9. The van der Waals surface area contributed by atoms with Crippen LogP contribution >= 0.6 is 0 Å². The van der Waals surface area contributed by atoms with Gasteiger partial charge >= 0.3 is 0 Å². The first-order chi connectivity index (χ1) is 11.7. The molecule has 0 atom stereocenters. The number of carbonyl (C=O) groups excluding carboxylic acids is 1. The van der Waals surface area contributed by atoms with Crippen molar-refractivity contribution in [3.63, 3.8) is 0 Å². The molecule has 1 aliphatic rings. The average Bonchev–Trinajstić information content (AvgIpc) is 3.16. The van der Waals surface area contributed by atoms with Gasteiger partial charge in [0.1, 0.15) is 0 Å². The van der Waals surface area contributed by atoms with E-state index in [2.05, 4.69) is 30.2 Å². The Morgan fingerprint density at radius 2 is 1.92 bits per heavy atom. The number of hydrogen-bond acceptors (Lipinski definition) is 2. The van der Waals surface area contributed by atoms with E-state index in [-0.39, 0.29) is 5.91 Å². The molecular formula is C20H19N3O. The first-order valence-electron chi connectivity index (χ1n) is 8.24. The SMILES string of the molecule is Cc1cccc2c1N(C(=O)c1ccc(-n3cccn3)cc1)CCC2. The van der Waals surface area contributed by atoms with Crippen LogP contribution in [0.15, 0.2) is 60.9 Å². The molecule has 2 aromatic carbocycles. The Balaban J connectivity index is 1.66. The monoisotopic (exact) mass is 317 g/mol. The third kappa shape index (κ3) is 2.50. The smallest absolute Gasteiger partial charge is 0.258 e. The summed E-state index contributed by atoms with van der Waals surface area (Å²) in [6, 6.07) is 15.8. The van der Waals surface area contributed by atoms with E-state index in [1.807, 2.05) is 41.4 Å². The van der Waals surface area contributed by atoms with Crippen molar-refractivity contribution in [1.82, 2.24) is 9.78 Å². The van der Waals surface area contributed by atoms with E-state index in [4.69, 9.17) is 0 Å². The van der Waals surface area contributed by atoms with Crippen LogP contribution in [0.4, 0.5) is 5.69 Å². The molecule has 24 heavy (non-hydrogen) atoms. The second-order valence-corrected chi connectivity index (χ2v) is 6.14. The molecule has 4 rings (SSSR count). The van der Waals surface area contributed by atoms with Crippen LogP contribution in [0.1, 0.15) is 27.9 Å². The van der Waals surface area contributed by atoms with Crippen molar-refractivity contribution < 1.29 is 4.79 Å². The number of nitrogens with zero attached hydrogens (tertiary/aromatic N) is 3. The Morgan fingerprint density at radius 3 is 2.67 bits per heavy atom. The molecule has 120 valence electrons. The Hall–Kier alpha value is -2.88. The molecule has 1 aromatic heterocycles. The molecule has 1 aliphatic heterocycles. The predicted molar refractivity (Wildman–Crippen MR) is 94.7 cm³/mol. The maximum Gasteiger partial charge on any atom is 0.258 e. The number of rotatable bonds is 2. The van der Waals surface area contributed by atoms with E-state index in [1.165, 1.54) is 5.56 Å². The summed E-state index contributed by atoms with van der Waals surface area (Å²) >= 11 is 0. The zero-order valence-corrected chi connectivity index (χ0v) is 13.6. The average molecular weight is 317 g/mol. The first kappa shape index (κ1) is 14.7. The molecule has 2 heterocycles. The second-order valence-electron chi connectivity index (χ2n) is 6.14. The van der Waals surface area contributed by atoms with Crippen molar-refractivity contribution in [2.75, 3.05) is 11.4 Å². The van der Waals surface area contributed by atoms with Gasteiger partial charge in [-0.3, -0.25) is 4.79 Å². The Labute approximate surface area is 141 Å². The number of fused-ring (bicyclic) bond motifs is 1. The highest BCUT2D eigenvalue weighted by Gasteiger charge is 2.24. The lowest BCUT2D eigenvalue weighted by Gasteiger charge is -2.31. The molecule has 0 unspecified atom stereocenters. The number of amides is 1. The maximum absolute atomic E-state index is 13.0. The molecule has 4 nitrogen and oxygen atoms in total. The van der Waals surface area contributed by atoms with Gasteiger partial charge in [0.05, 0.1) is 11.4 Å². The van der Waals surface area contributed by atoms with E-state index >= 15 is 0 Å². The van der Waals surface area contributed by atoms with E-state index in [0.29, 0.717) is 5.56 Å². The summed E-state index contributed by atoms with van der Waals surface area (Å²) in [5.41, 5.74) is 5.18. The van der Waals surface area contributed by atoms with Crippen LogP contribution in [-0.2, 0) is 6.42 Å². The van der Waals surface area contributed by atoms with Crippen LogP contribution in [0.5, 0.6) is 0 Å². The number of aryl methyl sites for hydroxylation is 2. The lowest BCUT2D eigenvalue weighted by Crippen LogP contribution is -2.36. The topological polar surface area (TPSA) is 38.1 Å². The van der Waals surface area contributed by atoms with Crippen LogP contribution in [-0.4, -0.2) is 22.2 Å². The summed E-state index contributed by atoms with van der Waals surface area (Å²) < 4.78 is 1.79. The van der Waals surface area contributed by atoms with Gasteiger partial charge in [0.15, 0.2) is 0 Å². The third-order valence-electron chi connectivity index (χ3n) is 4.55. The van der Waals surface area contributed by atoms with E-state index in [0.717, 1.165) is 36.3 Å². The highest BCUT2D eigenvalue weighted by molar-refractivity contribution is 6.07. The van der Waals surface area contributed by atoms with Gasteiger partial charge in [-0.25, -0.2) is 4.68 Å². The van der Waals surface area contributed by atoms with Crippen LogP contribution in [0.2, 0.25) is 0 Å². The fraction of sp³-hybridized carbons (Fsp3) is 0.200. The Morgan fingerprint density at radius 1 is 1.08 bits per heavy atom. The number of hydrogen-bond donors (Lipinski definition) is 0. The van der Waals surface area contributed by atoms with Crippen molar-refractivity contribution >= 4 is 11.6 Å². The Kier molecular flexibility index (Phi) is 3.65. The van der Waals surface area contributed by atoms with E-state index < -0.39 is 0 Å². The van der Waals surface area contributed by atoms with Crippen molar-refractivity contribution in [3.05, 3.63) is 77.6 Å². The molecule has 0 spiro atoms. The summed E-state index contributed by atoms with van der Waals surface area (Å²) in [5, 5.41) is 4.21. The van der Waals surface area contributed by atoms with Gasteiger partial charge in [-0.2, -0.15) is 5.10 Å². The number of aromatic nitrogens is 2. The number of carbonyl (C=O) groups is 1. The van der Waals surface area contributed by atoms with Crippen LogP contribution < -0.4 is 4.90 Å². The lowest BCUT2D eigenvalue weighted by molar-refractivity contribution is 0.0985. The number of anilines is 1. The molecule has 3 aromatic rings. The molecule has 0 saturated carbocycles. The van der Waals surface area contributed by atoms with Gasteiger partial charge in [0.2, 0.25) is 0 Å². The van der Waals surface area contributed by atoms with Gasteiger partial charge in [0.25, 0.3) is 5.91 Å². The quantitative estimate of drug-likeness (QED) is 0.721. The van der Waals surface area contributed by atoms with Crippen molar-refractivity contribution in [2.45, 2.75) is 19.8 Å². The van der Waals surface area contributed by atoms with Gasteiger partial charge in [0, 0.05) is 24.5 Å². The molecule has 0 fully saturated rings. The molecular weight excluding hydrogens is 298 g/mol. The zero-order chi connectivity index (χ0) is 16.5. The summed E-state index contributed by atoms with van der Waals surface area (Å²) in [6.45, 7) is 2.85. The molecule has 0 aliphatic carbocycles. The van der Waals surface area contributed by atoms with Gasteiger partial charge in [-0.05, 0) is 61.2 Å². The largest absolute Gasteiger partial charge is 0.308 e. The molecule has 0 N–H and O–H groups in total. The number of para-hydroxylation sites is 1. The van der Waals surface area contributed by atoms with Crippen molar-refractivity contribution in [1.29, 1.82) is 0 Å². The standard InChI is InChI=1S/C20H19N3O/c1-15-5-2-6-16-7-3-13-22(19(15)16)20(24)17-8-10-18(11-9-17)23-14-4-12-21-23/h2,4-6,8-12,14H,3,7,13H2,1H3. The van der Waals surface area contributed by atoms with Crippen LogP contribution in [0.3, 0.4) is 0 Å². The summed E-state index contributed by atoms with van der Waals surface area (Å²) in [6.07, 6.45) is 5.68. The zero-order valence-electron chi connectivity index (χ0n) is 13.6. The maximum atomic E-state index is 13.0. The van der Waals surface area contributed by atoms with Gasteiger partial charge in [-0.1, -0.05) is 18.2 Å². The molecule has 0 radical (unpaired) electrons. The molecule has 1 amide bonds. The highest BCUT2D eigenvalue weighted by atomic mass is 16.2. The normalized spacial score (nSPS) is 13.6. The Bertz CT molecular complexity index is 866. The van der Waals surface area contributed by atoms with E-state index in [1.54, 1.807) is 10.9 Å². The first-order valence-corrected chi connectivity index (χ1v) is 8.24. The van der Waals surface area contributed by atoms with Crippen molar-refractivity contribution in [2.24, 2.45) is 0 Å². The minimum absolute atomic E-state index is 0.0669. The number of benzene rings is 2. The highest BCUT2D eigenvalue weighted by Crippen LogP contribution is 2.31. The summed E-state index contributed by atoms with van der Waals surface area (Å²) in [7, 11) is 0. The molecule has 4 heteroatoms. The van der Waals surface area contributed by atoms with Crippen LogP contribution in [0, 0.1) is 6.92 Å². The summed E-state index contributed by atoms with van der Waals surface area (Å²) in [5.74, 6) is 0.0669. The lowest BCUT2D eigenvalue weighted by atomic mass is 9.97. The second kappa shape index (κ2) is 5.96. The van der Waals surface area contributed by atoms with Crippen LogP contribution in [0.25, 0.3) is 5.69 Å².